The largest absolute Gasteiger partial charge is 0.456 e. The highest BCUT2D eigenvalue weighted by Crippen LogP contribution is 2.39. The number of benzene rings is 6. The van der Waals surface area contributed by atoms with Gasteiger partial charge >= 0.3 is 0 Å². The van der Waals surface area contributed by atoms with Crippen LogP contribution < -0.4 is 0 Å². The van der Waals surface area contributed by atoms with Crippen molar-refractivity contribution < 1.29 is 4.42 Å². The smallest absolute Gasteiger partial charge is 0.135 e. The van der Waals surface area contributed by atoms with Crippen LogP contribution in [0.5, 0.6) is 0 Å². The SMILES string of the molecule is N#Cc1ccc(-c2cc(-c3ccc4oc5ccccc5c4c3)cc(-c3ccc4sc5ccccc5c4c3)c2)cc1. The molecule has 3 heteroatoms. The molecule has 8 rings (SSSR count). The lowest BCUT2D eigenvalue weighted by Crippen LogP contribution is -1.87. The van der Waals surface area contributed by atoms with E-state index in [2.05, 4.69) is 97.1 Å². The zero-order valence-electron chi connectivity index (χ0n) is 21.4. The topological polar surface area (TPSA) is 36.9 Å². The Bertz CT molecular complexity index is 2150. The molecule has 0 atom stereocenters. The second-order valence-electron chi connectivity index (χ2n) is 10.1. The summed E-state index contributed by atoms with van der Waals surface area (Å²) >= 11 is 1.84. The van der Waals surface area contributed by atoms with Gasteiger partial charge in [0.05, 0.1) is 11.6 Å². The number of nitrogens with zero attached hydrogens (tertiary/aromatic N) is 1. The summed E-state index contributed by atoms with van der Waals surface area (Å²) in [4.78, 5) is 0. The number of para-hydroxylation sites is 1. The Kier molecular flexibility index (Phi) is 5.10. The summed E-state index contributed by atoms with van der Waals surface area (Å²) in [6.45, 7) is 0. The van der Waals surface area contributed by atoms with Gasteiger partial charge in [0.1, 0.15) is 11.2 Å². The molecule has 0 bridgehead atoms. The molecule has 186 valence electrons. The Balaban J connectivity index is 1.35. The maximum Gasteiger partial charge on any atom is 0.135 e. The molecule has 2 aromatic heterocycles. The van der Waals surface area contributed by atoms with Crippen LogP contribution in [0, 0.1) is 11.3 Å². The molecule has 0 aliphatic carbocycles. The highest BCUT2D eigenvalue weighted by atomic mass is 32.1. The van der Waals surface area contributed by atoms with Crippen molar-refractivity contribution in [3.63, 3.8) is 0 Å². The Morgan fingerprint density at radius 3 is 1.80 bits per heavy atom. The number of furan rings is 1. The van der Waals surface area contributed by atoms with Gasteiger partial charge < -0.3 is 4.42 Å². The van der Waals surface area contributed by atoms with E-state index in [1.54, 1.807) is 0 Å². The van der Waals surface area contributed by atoms with Gasteiger partial charge in [0.15, 0.2) is 0 Å². The summed E-state index contributed by atoms with van der Waals surface area (Å²) in [5.41, 5.74) is 9.27. The van der Waals surface area contributed by atoms with Crippen LogP contribution in [0.2, 0.25) is 0 Å². The minimum atomic E-state index is 0.659. The average molecular weight is 528 g/mol. The van der Waals surface area contributed by atoms with Crippen LogP contribution in [0.4, 0.5) is 0 Å². The van der Waals surface area contributed by atoms with Gasteiger partial charge in [-0.2, -0.15) is 5.26 Å². The number of hydrogen-bond acceptors (Lipinski definition) is 3. The van der Waals surface area contributed by atoms with Crippen LogP contribution in [-0.4, -0.2) is 0 Å². The highest BCUT2D eigenvalue weighted by Gasteiger charge is 2.13. The molecule has 0 unspecified atom stereocenters. The van der Waals surface area contributed by atoms with Crippen LogP contribution in [0.3, 0.4) is 0 Å². The molecule has 0 saturated carbocycles. The van der Waals surface area contributed by atoms with Gasteiger partial charge in [0.25, 0.3) is 0 Å². The maximum atomic E-state index is 9.32. The molecule has 40 heavy (non-hydrogen) atoms. The van der Waals surface area contributed by atoms with Gasteiger partial charge in [-0.25, -0.2) is 0 Å². The third-order valence-corrected chi connectivity index (χ3v) is 8.85. The van der Waals surface area contributed by atoms with Crippen molar-refractivity contribution in [3.8, 4) is 39.4 Å². The minimum Gasteiger partial charge on any atom is -0.456 e. The first-order chi connectivity index (χ1) is 19.7. The van der Waals surface area contributed by atoms with E-state index in [0.29, 0.717) is 5.56 Å². The maximum absolute atomic E-state index is 9.32. The first-order valence-corrected chi connectivity index (χ1v) is 14.0. The van der Waals surface area contributed by atoms with Crippen LogP contribution in [-0.2, 0) is 0 Å². The summed E-state index contributed by atoms with van der Waals surface area (Å²) in [6, 6.07) is 46.9. The fourth-order valence-electron chi connectivity index (χ4n) is 5.68. The van der Waals surface area contributed by atoms with Gasteiger partial charge in [-0.15, -0.1) is 11.3 Å². The molecule has 0 fully saturated rings. The molecule has 0 spiro atoms. The molecular formula is C37H21NOS. The molecule has 0 N–H and O–H groups in total. The highest BCUT2D eigenvalue weighted by molar-refractivity contribution is 7.25. The normalized spacial score (nSPS) is 11.5. The predicted molar refractivity (Wildman–Crippen MR) is 168 cm³/mol. The summed E-state index contributed by atoms with van der Waals surface area (Å²) < 4.78 is 8.70. The number of fused-ring (bicyclic) bond motifs is 6. The second-order valence-corrected chi connectivity index (χ2v) is 11.2. The molecule has 0 saturated heterocycles. The number of nitriles is 1. The Morgan fingerprint density at radius 1 is 0.450 bits per heavy atom. The molecule has 0 radical (unpaired) electrons. The minimum absolute atomic E-state index is 0.659. The van der Waals surface area contributed by atoms with E-state index >= 15 is 0 Å². The van der Waals surface area contributed by atoms with Crippen molar-refractivity contribution in [2.24, 2.45) is 0 Å². The van der Waals surface area contributed by atoms with E-state index in [4.69, 9.17) is 4.42 Å². The first-order valence-electron chi connectivity index (χ1n) is 13.2. The van der Waals surface area contributed by atoms with E-state index in [-0.39, 0.29) is 0 Å². The van der Waals surface area contributed by atoms with Crippen molar-refractivity contribution in [2.75, 3.05) is 0 Å². The summed E-state index contributed by atoms with van der Waals surface area (Å²) in [6.07, 6.45) is 0. The van der Waals surface area contributed by atoms with E-state index in [9.17, 15) is 5.26 Å². The Hall–Kier alpha value is -5.17. The summed E-state index contributed by atoms with van der Waals surface area (Å²) in [5, 5.41) is 14.1. The monoisotopic (exact) mass is 527 g/mol. The van der Waals surface area contributed by atoms with Crippen molar-refractivity contribution in [1.82, 2.24) is 0 Å². The van der Waals surface area contributed by atoms with Crippen molar-refractivity contribution in [2.45, 2.75) is 0 Å². The van der Waals surface area contributed by atoms with Gasteiger partial charge in [-0.1, -0.05) is 60.7 Å². The third-order valence-electron chi connectivity index (χ3n) is 7.70. The number of rotatable bonds is 3. The Labute approximate surface area is 235 Å². The molecule has 8 aromatic rings. The van der Waals surface area contributed by atoms with E-state index < -0.39 is 0 Å². The van der Waals surface area contributed by atoms with Gasteiger partial charge in [0.2, 0.25) is 0 Å². The molecular weight excluding hydrogens is 506 g/mol. The molecule has 6 aromatic carbocycles. The first kappa shape index (κ1) is 22.8. The molecule has 0 amide bonds. The third kappa shape index (κ3) is 3.70. The lowest BCUT2D eigenvalue weighted by molar-refractivity contribution is 0.669. The van der Waals surface area contributed by atoms with Crippen molar-refractivity contribution in [1.29, 1.82) is 5.26 Å². The van der Waals surface area contributed by atoms with E-state index in [1.165, 1.54) is 25.7 Å². The van der Waals surface area contributed by atoms with Gasteiger partial charge in [-0.3, -0.25) is 0 Å². The van der Waals surface area contributed by atoms with Gasteiger partial charge in [0, 0.05) is 30.9 Å². The molecule has 2 nitrogen and oxygen atoms in total. The average Bonchev–Trinajstić information content (AvgIpc) is 3.58. The van der Waals surface area contributed by atoms with Crippen molar-refractivity contribution >= 4 is 53.4 Å². The van der Waals surface area contributed by atoms with Crippen LogP contribution >= 0.6 is 11.3 Å². The number of thiophene rings is 1. The van der Waals surface area contributed by atoms with E-state index in [0.717, 1.165) is 49.8 Å². The van der Waals surface area contributed by atoms with Gasteiger partial charge in [-0.05, 0) is 100 Å². The molecule has 2 heterocycles. The number of hydrogen-bond donors (Lipinski definition) is 0. The fraction of sp³-hybridized carbons (Fsp3) is 0. The van der Waals surface area contributed by atoms with Crippen LogP contribution in [0.25, 0.3) is 75.5 Å². The fourth-order valence-corrected chi connectivity index (χ4v) is 6.76. The lowest BCUT2D eigenvalue weighted by atomic mass is 9.92. The Morgan fingerprint density at radius 2 is 1.02 bits per heavy atom. The van der Waals surface area contributed by atoms with Crippen LogP contribution in [0.15, 0.2) is 132 Å². The predicted octanol–water partition coefficient (Wildman–Crippen LogP) is 10.8. The zero-order valence-corrected chi connectivity index (χ0v) is 22.2. The summed E-state index contributed by atoms with van der Waals surface area (Å²) in [5.74, 6) is 0. The standard InChI is InChI=1S/C37H21NOS/c38-22-23-9-11-24(12-10-23)27-17-28(25-13-15-35-32(20-25)30-5-1-3-7-34(30)39-35)19-29(18-27)26-14-16-37-33(21-26)31-6-2-4-8-36(31)40-37/h1-21H. The lowest BCUT2D eigenvalue weighted by Gasteiger charge is -2.12. The van der Waals surface area contributed by atoms with Crippen LogP contribution in [0.1, 0.15) is 5.56 Å². The zero-order chi connectivity index (χ0) is 26.6. The molecule has 0 aliphatic heterocycles. The second kappa shape index (κ2) is 8.95. The summed E-state index contributed by atoms with van der Waals surface area (Å²) in [7, 11) is 0. The van der Waals surface area contributed by atoms with E-state index in [1.807, 2.05) is 47.7 Å². The molecule has 0 aliphatic rings. The van der Waals surface area contributed by atoms with Crippen molar-refractivity contribution in [3.05, 3.63) is 133 Å². The quantitative estimate of drug-likeness (QED) is 0.229.